The summed E-state index contributed by atoms with van der Waals surface area (Å²) in [5.74, 6) is 1.47. The Hall–Kier alpha value is -5.01. The van der Waals surface area contributed by atoms with Crippen LogP contribution in [0, 0.1) is 11.3 Å². The summed E-state index contributed by atoms with van der Waals surface area (Å²) in [4.78, 5) is 4.77. The number of hydrogen-bond acceptors (Lipinski definition) is 1. The van der Waals surface area contributed by atoms with Crippen molar-refractivity contribution in [2.75, 3.05) is 0 Å². The van der Waals surface area contributed by atoms with E-state index in [0.717, 1.165) is 18.5 Å². The van der Waals surface area contributed by atoms with E-state index in [1.165, 1.54) is 60.9 Å². The van der Waals surface area contributed by atoms with Gasteiger partial charge >= 0.3 is 0 Å². The summed E-state index contributed by atoms with van der Waals surface area (Å²) < 4.78 is 0. The summed E-state index contributed by atoms with van der Waals surface area (Å²) in [6, 6.07) is 38.8. The third-order valence-corrected chi connectivity index (χ3v) is 11.3. The van der Waals surface area contributed by atoms with Crippen LogP contribution in [0.5, 0.6) is 0 Å². The Morgan fingerprint density at radius 1 is 0.673 bits per heavy atom. The van der Waals surface area contributed by atoms with Gasteiger partial charge in [-0.15, -0.1) is 0 Å². The zero-order valence-corrected chi connectivity index (χ0v) is 28.9. The minimum atomic E-state index is 0.159. The Morgan fingerprint density at radius 2 is 1.45 bits per heavy atom. The third kappa shape index (κ3) is 5.28. The lowest BCUT2D eigenvalue weighted by molar-refractivity contribution is 0.474. The number of aliphatic imine (C=N–C) groups is 1. The van der Waals surface area contributed by atoms with E-state index in [9.17, 15) is 0 Å². The van der Waals surface area contributed by atoms with E-state index in [1.807, 2.05) is 0 Å². The Balaban J connectivity index is 1.19. The van der Waals surface area contributed by atoms with Gasteiger partial charge in [-0.05, 0) is 103 Å². The zero-order chi connectivity index (χ0) is 33.3. The summed E-state index contributed by atoms with van der Waals surface area (Å²) >= 11 is 0. The lowest BCUT2D eigenvalue weighted by atomic mass is 9.63. The Morgan fingerprint density at radius 3 is 2.24 bits per heavy atom. The molecule has 5 aromatic rings. The molecule has 3 aliphatic carbocycles. The average molecular weight is 634 g/mol. The van der Waals surface area contributed by atoms with Gasteiger partial charge in [0, 0.05) is 24.0 Å². The highest BCUT2D eigenvalue weighted by atomic mass is 14.7. The molecule has 0 radical (unpaired) electrons. The summed E-state index contributed by atoms with van der Waals surface area (Å²) in [7, 11) is 0. The minimum absolute atomic E-state index is 0.159. The highest BCUT2D eigenvalue weighted by Crippen LogP contribution is 2.55. The molecule has 0 spiro atoms. The molecule has 1 heteroatoms. The molecule has 4 unspecified atom stereocenters. The molecule has 0 aromatic heterocycles. The summed E-state index contributed by atoms with van der Waals surface area (Å²) in [6.07, 6.45) is 16.7. The second-order valence-electron chi connectivity index (χ2n) is 15.6. The van der Waals surface area contributed by atoms with E-state index in [2.05, 4.69) is 167 Å². The first-order valence-electron chi connectivity index (χ1n) is 18.0. The zero-order valence-electron chi connectivity index (χ0n) is 28.9. The molecule has 4 aliphatic rings. The van der Waals surface area contributed by atoms with Gasteiger partial charge in [0.1, 0.15) is 0 Å². The molecule has 240 valence electrons. The van der Waals surface area contributed by atoms with Crippen molar-refractivity contribution < 1.29 is 0 Å². The van der Waals surface area contributed by atoms with Crippen LogP contribution in [-0.4, -0.2) is 6.21 Å². The molecule has 0 N–H and O–H groups in total. The largest absolute Gasteiger partial charge is 0.261 e. The summed E-state index contributed by atoms with van der Waals surface area (Å²) in [5, 5.41) is 2.55. The van der Waals surface area contributed by atoms with Crippen LogP contribution < -0.4 is 0 Å². The van der Waals surface area contributed by atoms with Gasteiger partial charge in [-0.25, -0.2) is 0 Å². The Labute approximate surface area is 291 Å². The molecule has 49 heavy (non-hydrogen) atoms. The van der Waals surface area contributed by atoms with Crippen LogP contribution >= 0.6 is 0 Å². The van der Waals surface area contributed by atoms with E-state index in [0.29, 0.717) is 17.8 Å². The van der Waals surface area contributed by atoms with Crippen LogP contribution in [0.25, 0.3) is 39.2 Å². The fraction of sp³-hybridized carbons (Fsp3) is 0.229. The van der Waals surface area contributed by atoms with Crippen LogP contribution in [0.1, 0.15) is 97.2 Å². The van der Waals surface area contributed by atoms with Gasteiger partial charge in [0.05, 0.1) is 5.70 Å². The quantitative estimate of drug-likeness (QED) is 0.175. The second-order valence-corrected chi connectivity index (χ2v) is 15.6. The van der Waals surface area contributed by atoms with Crippen molar-refractivity contribution in [1.29, 1.82) is 0 Å². The van der Waals surface area contributed by atoms with E-state index in [-0.39, 0.29) is 11.3 Å². The number of rotatable bonds is 4. The highest BCUT2D eigenvalue weighted by Gasteiger charge is 2.38. The molecule has 1 nitrogen and oxygen atoms in total. The predicted molar refractivity (Wildman–Crippen MR) is 209 cm³/mol. The van der Waals surface area contributed by atoms with Crippen LogP contribution in [0.3, 0.4) is 0 Å². The van der Waals surface area contributed by atoms with Crippen LogP contribution in [0.4, 0.5) is 0 Å². The molecule has 9 rings (SSSR count). The normalized spacial score (nSPS) is 22.3. The van der Waals surface area contributed by atoms with Crippen molar-refractivity contribution in [3.8, 4) is 11.1 Å². The van der Waals surface area contributed by atoms with Crippen molar-refractivity contribution in [3.63, 3.8) is 0 Å². The predicted octanol–water partition coefficient (Wildman–Crippen LogP) is 12.8. The van der Waals surface area contributed by atoms with Crippen molar-refractivity contribution >= 4 is 34.3 Å². The number of hydrogen-bond donors (Lipinski definition) is 0. The number of benzene rings is 5. The summed E-state index contributed by atoms with van der Waals surface area (Å²) in [6.45, 7) is 9.30. The van der Waals surface area contributed by atoms with Gasteiger partial charge < -0.3 is 0 Å². The Bertz CT molecular complexity index is 2280. The molecule has 5 aromatic carbocycles. The lowest BCUT2D eigenvalue weighted by Crippen LogP contribution is -2.25. The Kier molecular flexibility index (Phi) is 7.09. The molecule has 0 fully saturated rings. The molecular weight excluding hydrogens is 591 g/mol. The maximum atomic E-state index is 4.77. The maximum Gasteiger partial charge on any atom is 0.0658 e. The van der Waals surface area contributed by atoms with Crippen molar-refractivity contribution in [3.05, 3.63) is 172 Å². The minimum Gasteiger partial charge on any atom is -0.261 e. The number of allylic oxidation sites excluding steroid dienone is 5. The average Bonchev–Trinajstić information content (AvgIpc) is 3.13. The van der Waals surface area contributed by atoms with Gasteiger partial charge in [-0.3, -0.25) is 4.99 Å². The van der Waals surface area contributed by atoms with Gasteiger partial charge in [0.15, 0.2) is 0 Å². The van der Waals surface area contributed by atoms with Crippen LogP contribution in [0.2, 0.25) is 0 Å². The monoisotopic (exact) mass is 633 g/mol. The number of fused-ring (bicyclic) bond motifs is 1. The highest BCUT2D eigenvalue weighted by molar-refractivity contribution is 5.91. The van der Waals surface area contributed by atoms with Crippen molar-refractivity contribution in [2.24, 2.45) is 16.3 Å². The molecular formula is C48H43N. The lowest BCUT2D eigenvalue weighted by Gasteiger charge is -2.41. The van der Waals surface area contributed by atoms with Crippen LogP contribution in [-0.2, 0) is 0 Å². The summed E-state index contributed by atoms with van der Waals surface area (Å²) in [5.41, 5.74) is 16.4. The molecule has 0 saturated carbocycles. The fourth-order valence-corrected chi connectivity index (χ4v) is 8.56. The smallest absolute Gasteiger partial charge is 0.0658 e. The van der Waals surface area contributed by atoms with Crippen LogP contribution in [0.15, 0.2) is 138 Å². The van der Waals surface area contributed by atoms with Gasteiger partial charge in [0.2, 0.25) is 0 Å². The fourth-order valence-electron chi connectivity index (χ4n) is 8.56. The van der Waals surface area contributed by atoms with E-state index in [4.69, 9.17) is 4.99 Å². The molecule has 0 amide bonds. The topological polar surface area (TPSA) is 12.4 Å². The maximum absolute atomic E-state index is 4.77. The molecule has 4 atom stereocenters. The first-order valence-corrected chi connectivity index (χ1v) is 18.0. The third-order valence-electron chi connectivity index (χ3n) is 11.3. The van der Waals surface area contributed by atoms with Gasteiger partial charge in [-0.2, -0.15) is 0 Å². The first kappa shape index (κ1) is 30.1. The van der Waals surface area contributed by atoms with Gasteiger partial charge in [0.25, 0.3) is 0 Å². The van der Waals surface area contributed by atoms with Crippen molar-refractivity contribution in [2.45, 2.75) is 58.3 Å². The first-order chi connectivity index (χ1) is 23.8. The standard InChI is InChI=1S/C48H43N/c1-30-12-23-45(49-29-30)33-16-14-32(15-17-33)43-28-44(37-11-7-10-35(25-37)36-18-13-31-8-5-6-9-34(31)24-36)42-22-20-39-27-40(48(2,3)4)26-38-19-21-41(43)47(42)46(38)39/h5-11,13-25,27-30,38,41,43H,12,26H2,1-4H3. The molecule has 1 aliphatic heterocycles. The molecule has 0 saturated heterocycles. The van der Waals surface area contributed by atoms with Crippen molar-refractivity contribution in [1.82, 2.24) is 0 Å². The second kappa shape index (κ2) is 11.6. The molecule has 1 heterocycles. The number of nitrogens with zero attached hydrogens (tertiary/aromatic N) is 1. The van der Waals surface area contributed by atoms with E-state index >= 15 is 0 Å². The van der Waals surface area contributed by atoms with Gasteiger partial charge in [-0.1, -0.05) is 155 Å². The van der Waals surface area contributed by atoms with E-state index in [1.54, 1.807) is 11.1 Å². The molecule has 0 bridgehead atoms. The van der Waals surface area contributed by atoms with E-state index < -0.39 is 0 Å². The SMILES string of the molecule is CC1C=NC(c2ccc(C3C=C(c4cccc(-c5ccc6ccccc6c5)c4)c4ccc5c6c4C3C=CC6CC(C(C)(C)C)=C5)cc2)=CC1.